The number of piperidine rings is 1. The summed E-state index contributed by atoms with van der Waals surface area (Å²) in [5.41, 5.74) is 2.47. The van der Waals surface area contributed by atoms with Crippen LogP contribution in [0.1, 0.15) is 34.3 Å². The highest BCUT2D eigenvalue weighted by atomic mass is 16.5. The quantitative estimate of drug-likeness (QED) is 0.839. The maximum Gasteiger partial charge on any atom is 0.253 e. The van der Waals surface area contributed by atoms with Crippen LogP contribution in [-0.2, 0) is 11.3 Å². The minimum Gasteiger partial charge on any atom is -0.376 e. The van der Waals surface area contributed by atoms with Crippen molar-refractivity contribution < 1.29 is 9.53 Å². The van der Waals surface area contributed by atoms with Gasteiger partial charge in [-0.05, 0) is 48.6 Å². The van der Waals surface area contributed by atoms with Crippen LogP contribution in [-0.4, -0.2) is 30.5 Å². The number of hydrogen-bond acceptors (Lipinski definition) is 3. The number of nitriles is 1. The number of benzene rings is 2. The molecule has 0 spiro atoms. The van der Waals surface area contributed by atoms with Crippen LogP contribution >= 0.6 is 0 Å². The van der Waals surface area contributed by atoms with Gasteiger partial charge in [-0.15, -0.1) is 0 Å². The average Bonchev–Trinajstić information content (AvgIpc) is 2.69. The maximum absolute atomic E-state index is 12.6. The van der Waals surface area contributed by atoms with Crippen LogP contribution in [0.3, 0.4) is 0 Å². The van der Waals surface area contributed by atoms with Crippen molar-refractivity contribution in [2.45, 2.75) is 19.4 Å². The molecule has 1 heterocycles. The Bertz CT molecular complexity index is 735. The van der Waals surface area contributed by atoms with Crippen molar-refractivity contribution in [1.82, 2.24) is 4.90 Å². The van der Waals surface area contributed by atoms with Gasteiger partial charge in [0.2, 0.25) is 0 Å². The highest BCUT2D eigenvalue weighted by molar-refractivity contribution is 5.94. The fourth-order valence-corrected chi connectivity index (χ4v) is 3.17. The van der Waals surface area contributed by atoms with Crippen LogP contribution in [0, 0.1) is 17.2 Å². The minimum atomic E-state index is 0.109. The zero-order chi connectivity index (χ0) is 17.5. The first-order valence-corrected chi connectivity index (χ1v) is 8.67. The highest BCUT2D eigenvalue weighted by Gasteiger charge is 2.24. The zero-order valence-electron chi connectivity index (χ0n) is 14.2. The monoisotopic (exact) mass is 334 g/mol. The molecule has 0 aliphatic carbocycles. The number of likely N-dealkylation sites (tertiary alicyclic amines) is 1. The molecule has 0 N–H and O–H groups in total. The summed E-state index contributed by atoms with van der Waals surface area (Å²) in [7, 11) is 0. The van der Waals surface area contributed by atoms with Crippen molar-refractivity contribution in [3.05, 3.63) is 71.3 Å². The molecule has 1 saturated heterocycles. The second-order valence-electron chi connectivity index (χ2n) is 6.45. The predicted octanol–water partition coefficient (Wildman–Crippen LogP) is 3.63. The Hall–Kier alpha value is -2.64. The Morgan fingerprint density at radius 2 is 1.92 bits per heavy atom. The lowest BCUT2D eigenvalue weighted by Crippen LogP contribution is -2.41. The molecule has 0 radical (unpaired) electrons. The Balaban J connectivity index is 1.48. The van der Waals surface area contributed by atoms with Gasteiger partial charge in [-0.25, -0.2) is 0 Å². The van der Waals surface area contributed by atoms with Crippen LogP contribution in [0.2, 0.25) is 0 Å². The van der Waals surface area contributed by atoms with Crippen LogP contribution in [0.15, 0.2) is 54.6 Å². The van der Waals surface area contributed by atoms with E-state index in [4.69, 9.17) is 10.00 Å². The normalized spacial score (nSPS) is 17.1. The first-order chi connectivity index (χ1) is 12.3. The molecule has 4 nitrogen and oxygen atoms in total. The first kappa shape index (κ1) is 17.2. The Kier molecular flexibility index (Phi) is 5.81. The summed E-state index contributed by atoms with van der Waals surface area (Å²) in [4.78, 5) is 14.5. The third-order valence-electron chi connectivity index (χ3n) is 4.53. The van der Waals surface area contributed by atoms with Gasteiger partial charge >= 0.3 is 0 Å². The van der Waals surface area contributed by atoms with Gasteiger partial charge in [0.1, 0.15) is 0 Å². The second kappa shape index (κ2) is 8.46. The fraction of sp³-hybridized carbons (Fsp3) is 0.333. The van der Waals surface area contributed by atoms with E-state index in [0.717, 1.165) is 37.1 Å². The van der Waals surface area contributed by atoms with E-state index >= 15 is 0 Å². The van der Waals surface area contributed by atoms with Crippen LogP contribution in [0.5, 0.6) is 0 Å². The van der Waals surface area contributed by atoms with Gasteiger partial charge in [0.25, 0.3) is 5.91 Å². The molecule has 1 amide bonds. The summed E-state index contributed by atoms with van der Waals surface area (Å²) in [5, 5.41) is 8.81. The van der Waals surface area contributed by atoms with E-state index in [9.17, 15) is 4.79 Å². The molecule has 3 rings (SSSR count). The maximum atomic E-state index is 12.6. The van der Waals surface area contributed by atoms with E-state index in [1.165, 1.54) is 0 Å². The molecule has 0 bridgehead atoms. The highest BCUT2D eigenvalue weighted by Crippen LogP contribution is 2.19. The Morgan fingerprint density at radius 3 is 2.64 bits per heavy atom. The number of hydrogen-bond donors (Lipinski definition) is 0. The Labute approximate surface area is 148 Å². The summed E-state index contributed by atoms with van der Waals surface area (Å²) in [6, 6.07) is 19.0. The van der Waals surface area contributed by atoms with Crippen LogP contribution in [0.25, 0.3) is 0 Å². The van der Waals surface area contributed by atoms with Crippen LogP contribution in [0.4, 0.5) is 0 Å². The standard InChI is InChI=1S/C21H22N2O2/c22-13-17-8-10-18(11-9-17)15-25-16-19-5-4-12-23(14-19)21(24)20-6-2-1-3-7-20/h1-3,6-11,19H,4-5,12,14-16H2. The van der Waals surface area contributed by atoms with Gasteiger partial charge in [0, 0.05) is 18.7 Å². The van der Waals surface area contributed by atoms with Crippen molar-refractivity contribution in [2.24, 2.45) is 5.92 Å². The molecule has 2 aromatic rings. The lowest BCUT2D eigenvalue weighted by Gasteiger charge is -2.32. The summed E-state index contributed by atoms with van der Waals surface area (Å²) in [6.07, 6.45) is 2.11. The van der Waals surface area contributed by atoms with E-state index in [2.05, 4.69) is 6.07 Å². The summed E-state index contributed by atoms with van der Waals surface area (Å²) in [5.74, 6) is 0.484. The molecule has 0 aromatic heterocycles. The molecule has 1 aliphatic rings. The number of ether oxygens (including phenoxy) is 1. The third-order valence-corrected chi connectivity index (χ3v) is 4.53. The molecule has 128 valence electrons. The summed E-state index contributed by atoms with van der Waals surface area (Å²) < 4.78 is 5.85. The molecule has 0 saturated carbocycles. The van der Waals surface area contributed by atoms with Gasteiger partial charge in [0.15, 0.2) is 0 Å². The van der Waals surface area contributed by atoms with E-state index in [1.54, 1.807) is 12.1 Å². The first-order valence-electron chi connectivity index (χ1n) is 8.67. The van der Waals surface area contributed by atoms with Gasteiger partial charge in [-0.1, -0.05) is 30.3 Å². The van der Waals surface area contributed by atoms with Crippen LogP contribution < -0.4 is 0 Å². The predicted molar refractivity (Wildman–Crippen MR) is 95.9 cm³/mol. The smallest absolute Gasteiger partial charge is 0.253 e. The van der Waals surface area contributed by atoms with Gasteiger partial charge < -0.3 is 9.64 Å². The molecule has 1 fully saturated rings. The lowest BCUT2D eigenvalue weighted by molar-refractivity contribution is 0.0425. The van der Waals surface area contributed by atoms with E-state index < -0.39 is 0 Å². The fourth-order valence-electron chi connectivity index (χ4n) is 3.17. The van der Waals surface area contributed by atoms with Gasteiger partial charge in [-0.2, -0.15) is 5.26 Å². The average molecular weight is 334 g/mol. The largest absolute Gasteiger partial charge is 0.376 e. The second-order valence-corrected chi connectivity index (χ2v) is 6.45. The van der Waals surface area contributed by atoms with E-state index in [1.807, 2.05) is 47.4 Å². The molecule has 1 atom stereocenters. The van der Waals surface area contributed by atoms with Crippen molar-refractivity contribution >= 4 is 5.91 Å². The molecule has 2 aromatic carbocycles. The SMILES string of the molecule is N#Cc1ccc(COCC2CCCN(C(=O)c3ccccc3)C2)cc1. The molecular formula is C21H22N2O2. The minimum absolute atomic E-state index is 0.109. The van der Waals surface area contributed by atoms with Crippen molar-refractivity contribution in [2.75, 3.05) is 19.7 Å². The summed E-state index contributed by atoms with van der Waals surface area (Å²) >= 11 is 0. The van der Waals surface area contributed by atoms with E-state index in [-0.39, 0.29) is 5.91 Å². The van der Waals surface area contributed by atoms with Gasteiger partial charge in [-0.3, -0.25) is 4.79 Å². The number of amides is 1. The van der Waals surface area contributed by atoms with Crippen molar-refractivity contribution in [3.63, 3.8) is 0 Å². The molecule has 25 heavy (non-hydrogen) atoms. The van der Waals surface area contributed by atoms with Gasteiger partial charge in [0.05, 0.1) is 24.8 Å². The number of rotatable bonds is 5. The third kappa shape index (κ3) is 4.68. The van der Waals surface area contributed by atoms with E-state index in [0.29, 0.717) is 24.7 Å². The number of nitrogens with zero attached hydrogens (tertiary/aromatic N) is 2. The molecule has 1 unspecified atom stereocenters. The molecule has 4 heteroatoms. The zero-order valence-corrected chi connectivity index (χ0v) is 14.2. The Morgan fingerprint density at radius 1 is 1.16 bits per heavy atom. The topological polar surface area (TPSA) is 53.3 Å². The molecule has 1 aliphatic heterocycles. The number of carbonyl (C=O) groups is 1. The lowest BCUT2D eigenvalue weighted by atomic mass is 9.98. The van der Waals surface area contributed by atoms with Crippen molar-refractivity contribution in [1.29, 1.82) is 5.26 Å². The summed E-state index contributed by atoms with van der Waals surface area (Å²) in [6.45, 7) is 2.76. The van der Waals surface area contributed by atoms with Crippen molar-refractivity contribution in [3.8, 4) is 6.07 Å². The number of carbonyl (C=O) groups excluding carboxylic acids is 1. The molecular weight excluding hydrogens is 312 g/mol.